The van der Waals surface area contributed by atoms with Gasteiger partial charge in [0.1, 0.15) is 0 Å². The quantitative estimate of drug-likeness (QED) is 0.464. The molecule has 9 heteroatoms. The number of phosphoric ester groups is 1. The number of rotatable bonds is 8. The van der Waals surface area contributed by atoms with Crippen LogP contribution in [0.5, 0.6) is 0 Å². The van der Waals surface area contributed by atoms with Gasteiger partial charge < -0.3 is 14.7 Å². The van der Waals surface area contributed by atoms with Gasteiger partial charge in [0, 0.05) is 0 Å². The highest BCUT2D eigenvalue weighted by atomic mass is 31.3. The minimum Gasteiger partial charge on any atom is -0.302 e. The maximum atomic E-state index is 11.0. The molecule has 0 aromatic heterocycles. The summed E-state index contributed by atoms with van der Waals surface area (Å²) in [7, 11) is -9.73. The Bertz CT molecular complexity index is 346. The fourth-order valence-corrected chi connectivity index (χ4v) is 2.52. The van der Waals surface area contributed by atoms with E-state index in [1.165, 1.54) is 0 Å². The minimum absolute atomic E-state index is 0.233. The van der Waals surface area contributed by atoms with E-state index in [0.717, 1.165) is 24.8 Å². The SMILES string of the molecule is CCCC/C(C)=C\COP(=O)(O)OP(=O)(O)O. The minimum atomic E-state index is -5.03. The smallest absolute Gasteiger partial charge is 0.302 e. The molecule has 0 radical (unpaired) electrons. The van der Waals surface area contributed by atoms with E-state index in [9.17, 15) is 9.13 Å². The van der Waals surface area contributed by atoms with Crippen molar-refractivity contribution in [3.63, 3.8) is 0 Å². The Labute approximate surface area is 100 Å². The molecule has 1 unspecified atom stereocenters. The van der Waals surface area contributed by atoms with Crippen molar-refractivity contribution in [2.45, 2.75) is 33.1 Å². The molecule has 0 rings (SSSR count). The first-order chi connectivity index (χ1) is 7.66. The van der Waals surface area contributed by atoms with Crippen molar-refractivity contribution < 1.29 is 32.6 Å². The average Bonchev–Trinajstić information content (AvgIpc) is 2.10. The normalized spacial score (nSPS) is 16.9. The zero-order valence-corrected chi connectivity index (χ0v) is 11.6. The van der Waals surface area contributed by atoms with Crippen molar-refractivity contribution in [2.75, 3.05) is 6.61 Å². The van der Waals surface area contributed by atoms with Gasteiger partial charge in [-0.15, -0.1) is 0 Å². The molecular formula is C8H18O7P2. The zero-order chi connectivity index (χ0) is 13.5. The number of hydrogen-bond acceptors (Lipinski definition) is 4. The van der Waals surface area contributed by atoms with Crippen LogP contribution in [0, 0.1) is 0 Å². The maximum Gasteiger partial charge on any atom is 0.481 e. The van der Waals surface area contributed by atoms with Gasteiger partial charge in [-0.1, -0.05) is 25.0 Å². The van der Waals surface area contributed by atoms with Gasteiger partial charge in [0.15, 0.2) is 0 Å². The van der Waals surface area contributed by atoms with Gasteiger partial charge in [-0.3, -0.25) is 4.52 Å². The van der Waals surface area contributed by atoms with E-state index in [1.807, 2.05) is 13.8 Å². The van der Waals surface area contributed by atoms with E-state index in [1.54, 1.807) is 6.08 Å². The largest absolute Gasteiger partial charge is 0.481 e. The van der Waals surface area contributed by atoms with Crippen LogP contribution in [0.4, 0.5) is 0 Å². The van der Waals surface area contributed by atoms with Gasteiger partial charge in [0.05, 0.1) is 6.61 Å². The molecule has 0 heterocycles. The van der Waals surface area contributed by atoms with Crippen LogP contribution in [0.15, 0.2) is 11.6 Å². The van der Waals surface area contributed by atoms with Crippen LogP contribution in [-0.2, 0) is 18.0 Å². The second-order valence-electron chi connectivity index (χ2n) is 3.49. The van der Waals surface area contributed by atoms with E-state index in [0.29, 0.717) is 0 Å². The summed E-state index contributed by atoms with van der Waals surface area (Å²) in [5.74, 6) is 0. The Balaban J connectivity index is 4.11. The van der Waals surface area contributed by atoms with Crippen LogP contribution in [0.2, 0.25) is 0 Å². The lowest BCUT2D eigenvalue weighted by Crippen LogP contribution is -1.94. The first kappa shape index (κ1) is 17.0. The third-order valence-electron chi connectivity index (χ3n) is 1.80. The van der Waals surface area contributed by atoms with Crippen molar-refractivity contribution in [1.82, 2.24) is 0 Å². The number of hydrogen-bond donors (Lipinski definition) is 3. The molecule has 0 spiro atoms. The molecule has 3 N–H and O–H groups in total. The molecule has 102 valence electrons. The fraction of sp³-hybridized carbons (Fsp3) is 0.750. The van der Waals surface area contributed by atoms with E-state index >= 15 is 0 Å². The second kappa shape index (κ2) is 7.44. The summed E-state index contributed by atoms with van der Waals surface area (Å²) in [5, 5.41) is 0. The van der Waals surface area contributed by atoms with E-state index < -0.39 is 15.6 Å². The third-order valence-corrected chi connectivity index (χ3v) is 3.96. The number of phosphoric acid groups is 2. The van der Waals surface area contributed by atoms with E-state index in [-0.39, 0.29) is 6.61 Å². The molecule has 0 fully saturated rings. The van der Waals surface area contributed by atoms with E-state index in [2.05, 4.69) is 8.83 Å². The lowest BCUT2D eigenvalue weighted by Gasteiger charge is -2.11. The van der Waals surface area contributed by atoms with Crippen LogP contribution >= 0.6 is 15.6 Å². The lowest BCUT2D eigenvalue weighted by atomic mass is 10.1. The van der Waals surface area contributed by atoms with Gasteiger partial charge in [0.25, 0.3) is 0 Å². The van der Waals surface area contributed by atoms with Gasteiger partial charge in [-0.25, -0.2) is 9.13 Å². The van der Waals surface area contributed by atoms with Crippen LogP contribution < -0.4 is 0 Å². The first-order valence-electron chi connectivity index (χ1n) is 5.06. The molecule has 1 atom stereocenters. The molecule has 7 nitrogen and oxygen atoms in total. The predicted molar refractivity (Wildman–Crippen MR) is 62.2 cm³/mol. The molecule has 0 aromatic carbocycles. The van der Waals surface area contributed by atoms with Crippen LogP contribution in [0.3, 0.4) is 0 Å². The Morgan fingerprint density at radius 2 is 1.88 bits per heavy atom. The zero-order valence-electron chi connectivity index (χ0n) is 9.77. The Hall–Kier alpha value is -0.0000000000000000416. The summed E-state index contributed by atoms with van der Waals surface area (Å²) in [5.41, 5.74) is 0.975. The van der Waals surface area contributed by atoms with Crippen LogP contribution in [0.25, 0.3) is 0 Å². The molecule has 0 aliphatic rings. The highest BCUT2D eigenvalue weighted by Gasteiger charge is 2.31. The summed E-state index contributed by atoms with van der Waals surface area (Å²) in [6.45, 7) is 3.65. The van der Waals surface area contributed by atoms with Crippen molar-refractivity contribution in [2.24, 2.45) is 0 Å². The molecule has 0 aliphatic carbocycles. The molecule has 0 amide bonds. The molecule has 0 bridgehead atoms. The van der Waals surface area contributed by atoms with Crippen molar-refractivity contribution in [3.8, 4) is 0 Å². The van der Waals surface area contributed by atoms with Gasteiger partial charge in [-0.2, -0.15) is 4.31 Å². The predicted octanol–water partition coefficient (Wildman–Crippen LogP) is 2.35. The molecule has 0 saturated carbocycles. The molecule has 0 aliphatic heterocycles. The maximum absolute atomic E-state index is 11.0. The molecular weight excluding hydrogens is 270 g/mol. The van der Waals surface area contributed by atoms with Gasteiger partial charge in [0.2, 0.25) is 0 Å². The summed E-state index contributed by atoms with van der Waals surface area (Å²) < 4.78 is 29.3. The number of allylic oxidation sites excluding steroid dienone is 1. The lowest BCUT2D eigenvalue weighted by molar-refractivity contribution is 0.191. The standard InChI is InChI=1S/C8H18O7P2/c1-3-4-5-8(2)6-7-14-17(12,13)15-16(9,10)11/h6H,3-5,7H2,1-2H3,(H,12,13)(H2,9,10,11)/b8-6-. The average molecular weight is 288 g/mol. The Morgan fingerprint density at radius 1 is 1.29 bits per heavy atom. The Morgan fingerprint density at radius 3 is 2.35 bits per heavy atom. The molecule has 17 heavy (non-hydrogen) atoms. The number of unbranched alkanes of at least 4 members (excludes halogenated alkanes) is 1. The monoisotopic (exact) mass is 288 g/mol. The Kier molecular flexibility index (Phi) is 7.44. The van der Waals surface area contributed by atoms with Crippen LogP contribution in [0.1, 0.15) is 33.1 Å². The van der Waals surface area contributed by atoms with E-state index in [4.69, 9.17) is 14.7 Å². The molecule has 0 saturated heterocycles. The summed E-state index contributed by atoms with van der Waals surface area (Å²) in [6, 6.07) is 0. The summed E-state index contributed by atoms with van der Waals surface area (Å²) in [4.78, 5) is 25.6. The third kappa shape index (κ3) is 10.9. The van der Waals surface area contributed by atoms with Crippen LogP contribution in [-0.4, -0.2) is 21.3 Å². The van der Waals surface area contributed by atoms with Gasteiger partial charge in [-0.05, 0) is 19.8 Å². The van der Waals surface area contributed by atoms with Crippen molar-refractivity contribution in [1.29, 1.82) is 0 Å². The molecule has 0 aromatic rings. The fourth-order valence-electron chi connectivity index (χ4n) is 0.989. The van der Waals surface area contributed by atoms with Crippen molar-refractivity contribution in [3.05, 3.63) is 11.6 Å². The second-order valence-corrected chi connectivity index (χ2v) is 6.32. The highest BCUT2D eigenvalue weighted by Crippen LogP contribution is 2.57. The van der Waals surface area contributed by atoms with Gasteiger partial charge >= 0.3 is 15.6 Å². The summed E-state index contributed by atoms with van der Waals surface area (Å²) >= 11 is 0. The van der Waals surface area contributed by atoms with Crippen molar-refractivity contribution >= 4 is 15.6 Å². The highest BCUT2D eigenvalue weighted by molar-refractivity contribution is 7.60. The topological polar surface area (TPSA) is 113 Å². The first-order valence-corrected chi connectivity index (χ1v) is 8.08. The summed E-state index contributed by atoms with van der Waals surface area (Å²) in [6.07, 6.45) is 4.44.